The summed E-state index contributed by atoms with van der Waals surface area (Å²) >= 11 is 0. The zero-order valence-corrected chi connectivity index (χ0v) is 15.5. The second-order valence-electron chi connectivity index (χ2n) is 7.02. The summed E-state index contributed by atoms with van der Waals surface area (Å²) in [5.74, 6) is -0.0321. The molecule has 3 heterocycles. The Kier molecular flexibility index (Phi) is 4.68. The number of carbonyl (C=O) groups is 2. The van der Waals surface area contributed by atoms with Gasteiger partial charge in [-0.1, -0.05) is 6.07 Å². The van der Waals surface area contributed by atoms with E-state index in [0.29, 0.717) is 30.0 Å². The van der Waals surface area contributed by atoms with E-state index in [-0.39, 0.29) is 23.4 Å². The highest BCUT2D eigenvalue weighted by Gasteiger charge is 2.29. The quantitative estimate of drug-likeness (QED) is 0.724. The molecule has 144 valence electrons. The summed E-state index contributed by atoms with van der Waals surface area (Å²) in [6.45, 7) is 0.969. The van der Waals surface area contributed by atoms with Gasteiger partial charge in [-0.2, -0.15) is 0 Å². The predicted octanol–water partition coefficient (Wildman–Crippen LogP) is 1.75. The number of fused-ring (bicyclic) bond motifs is 1. The van der Waals surface area contributed by atoms with Crippen LogP contribution in [0.1, 0.15) is 23.2 Å². The standard InChI is InChI=1S/C20H21N5O3/c1-24-16-8-7-13(11-15(16)22-20(24)28)19(27)25-10-4-5-14(12-25)18(26)23-17-6-2-3-9-21-17/h2-3,6-9,11,14H,4-5,10,12H2,1H3,(H,22,28)(H,21,23,26). The van der Waals surface area contributed by atoms with Crippen LogP contribution in [0.3, 0.4) is 0 Å². The van der Waals surface area contributed by atoms with Crippen molar-refractivity contribution in [2.45, 2.75) is 12.8 Å². The molecule has 1 aliphatic heterocycles. The van der Waals surface area contributed by atoms with Crippen molar-refractivity contribution in [3.05, 3.63) is 58.6 Å². The first-order valence-electron chi connectivity index (χ1n) is 9.23. The number of amides is 2. The monoisotopic (exact) mass is 379 g/mol. The van der Waals surface area contributed by atoms with Gasteiger partial charge in [0, 0.05) is 31.9 Å². The molecular weight excluding hydrogens is 358 g/mol. The first kappa shape index (κ1) is 18.0. The van der Waals surface area contributed by atoms with Crippen molar-refractivity contribution >= 4 is 28.7 Å². The molecule has 0 aliphatic carbocycles. The summed E-state index contributed by atoms with van der Waals surface area (Å²) in [5, 5.41) is 2.81. The van der Waals surface area contributed by atoms with E-state index in [9.17, 15) is 14.4 Å². The van der Waals surface area contributed by atoms with E-state index in [1.54, 1.807) is 48.5 Å². The highest BCUT2D eigenvalue weighted by molar-refractivity contribution is 5.98. The van der Waals surface area contributed by atoms with Crippen molar-refractivity contribution in [3.8, 4) is 0 Å². The number of hydrogen-bond donors (Lipinski definition) is 2. The summed E-state index contributed by atoms with van der Waals surface area (Å²) in [6.07, 6.45) is 3.11. The maximum absolute atomic E-state index is 12.9. The zero-order chi connectivity index (χ0) is 19.7. The van der Waals surface area contributed by atoms with E-state index in [2.05, 4.69) is 15.3 Å². The van der Waals surface area contributed by atoms with Crippen LogP contribution >= 0.6 is 0 Å². The number of hydrogen-bond acceptors (Lipinski definition) is 4. The molecule has 1 atom stereocenters. The van der Waals surface area contributed by atoms with Crippen LogP contribution < -0.4 is 11.0 Å². The van der Waals surface area contributed by atoms with Gasteiger partial charge in [-0.05, 0) is 43.2 Å². The number of nitrogens with zero attached hydrogens (tertiary/aromatic N) is 3. The van der Waals surface area contributed by atoms with Crippen molar-refractivity contribution in [2.24, 2.45) is 13.0 Å². The maximum Gasteiger partial charge on any atom is 0.326 e. The molecule has 8 nitrogen and oxygen atoms in total. The number of anilines is 1. The van der Waals surface area contributed by atoms with Crippen molar-refractivity contribution in [1.29, 1.82) is 0 Å². The molecule has 28 heavy (non-hydrogen) atoms. The number of nitrogens with one attached hydrogen (secondary N) is 2. The van der Waals surface area contributed by atoms with Gasteiger partial charge in [0.15, 0.2) is 0 Å². The Hall–Kier alpha value is -3.42. The van der Waals surface area contributed by atoms with Crippen LogP contribution in [0, 0.1) is 5.92 Å². The lowest BCUT2D eigenvalue weighted by Gasteiger charge is -2.32. The number of pyridine rings is 1. The molecular formula is C20H21N5O3. The van der Waals surface area contributed by atoms with Crippen LogP contribution in [0.5, 0.6) is 0 Å². The lowest BCUT2D eigenvalue weighted by atomic mass is 9.96. The van der Waals surface area contributed by atoms with Crippen LogP contribution in [-0.4, -0.2) is 44.3 Å². The second-order valence-corrected chi connectivity index (χ2v) is 7.02. The number of rotatable bonds is 3. The van der Waals surface area contributed by atoms with Gasteiger partial charge in [0.1, 0.15) is 5.82 Å². The van der Waals surface area contributed by atoms with E-state index in [1.165, 1.54) is 4.57 Å². The van der Waals surface area contributed by atoms with Crippen molar-refractivity contribution < 1.29 is 9.59 Å². The topological polar surface area (TPSA) is 100 Å². The maximum atomic E-state index is 12.9. The molecule has 0 spiro atoms. The Labute approximate surface area is 161 Å². The number of piperidine rings is 1. The molecule has 0 radical (unpaired) electrons. The SMILES string of the molecule is Cn1c(=O)[nH]c2cc(C(=O)N3CCCC(C(=O)Nc4ccccn4)C3)ccc21. The van der Waals surface area contributed by atoms with Crippen LogP contribution in [0.2, 0.25) is 0 Å². The van der Waals surface area contributed by atoms with E-state index < -0.39 is 0 Å². The third-order valence-corrected chi connectivity index (χ3v) is 5.15. The fourth-order valence-electron chi connectivity index (χ4n) is 3.59. The van der Waals surface area contributed by atoms with Crippen molar-refractivity contribution in [1.82, 2.24) is 19.4 Å². The molecule has 2 amide bonds. The first-order valence-corrected chi connectivity index (χ1v) is 9.23. The van der Waals surface area contributed by atoms with E-state index in [1.807, 2.05) is 6.07 Å². The molecule has 0 bridgehead atoms. The second kappa shape index (κ2) is 7.30. The minimum Gasteiger partial charge on any atom is -0.338 e. The Morgan fingerprint density at radius 3 is 2.89 bits per heavy atom. The summed E-state index contributed by atoms with van der Waals surface area (Å²) in [5.41, 5.74) is 1.65. The van der Waals surface area contributed by atoms with Gasteiger partial charge in [0.05, 0.1) is 17.0 Å². The minimum atomic E-state index is -0.278. The average Bonchev–Trinajstić information content (AvgIpc) is 3.01. The fraction of sp³-hybridized carbons (Fsp3) is 0.300. The van der Waals surface area contributed by atoms with Gasteiger partial charge in [0.2, 0.25) is 5.91 Å². The largest absolute Gasteiger partial charge is 0.338 e. The smallest absolute Gasteiger partial charge is 0.326 e. The lowest BCUT2D eigenvalue weighted by molar-refractivity contribution is -0.121. The third kappa shape index (κ3) is 3.40. The lowest BCUT2D eigenvalue weighted by Crippen LogP contribution is -2.43. The number of carbonyl (C=O) groups excluding carboxylic acids is 2. The minimum absolute atomic E-state index is 0.126. The summed E-state index contributed by atoms with van der Waals surface area (Å²) < 4.78 is 1.50. The molecule has 1 aliphatic rings. The Bertz CT molecular complexity index is 1090. The van der Waals surface area contributed by atoms with Gasteiger partial charge in [0.25, 0.3) is 5.91 Å². The van der Waals surface area contributed by atoms with E-state index in [0.717, 1.165) is 18.4 Å². The summed E-state index contributed by atoms with van der Waals surface area (Å²) in [6, 6.07) is 10.5. The van der Waals surface area contributed by atoms with Gasteiger partial charge >= 0.3 is 5.69 Å². The Morgan fingerprint density at radius 1 is 1.25 bits per heavy atom. The number of imidazole rings is 1. The molecule has 8 heteroatoms. The molecule has 3 aromatic rings. The van der Waals surface area contributed by atoms with E-state index in [4.69, 9.17) is 0 Å². The molecule has 0 saturated carbocycles. The van der Waals surface area contributed by atoms with Crippen LogP contribution in [0.4, 0.5) is 5.82 Å². The fourth-order valence-corrected chi connectivity index (χ4v) is 3.59. The number of aryl methyl sites for hydroxylation is 1. The molecule has 1 saturated heterocycles. The molecule has 1 fully saturated rings. The van der Waals surface area contributed by atoms with Crippen LogP contribution in [0.15, 0.2) is 47.4 Å². The first-order chi connectivity index (χ1) is 13.5. The molecule has 2 aromatic heterocycles. The van der Waals surface area contributed by atoms with Gasteiger partial charge in [-0.25, -0.2) is 9.78 Å². The highest BCUT2D eigenvalue weighted by atomic mass is 16.2. The zero-order valence-electron chi connectivity index (χ0n) is 15.5. The molecule has 2 N–H and O–H groups in total. The molecule has 4 rings (SSSR count). The van der Waals surface area contributed by atoms with Gasteiger partial charge in [-0.15, -0.1) is 0 Å². The Balaban J connectivity index is 1.48. The Morgan fingerprint density at radius 2 is 2.11 bits per heavy atom. The number of benzene rings is 1. The highest BCUT2D eigenvalue weighted by Crippen LogP contribution is 2.21. The third-order valence-electron chi connectivity index (χ3n) is 5.15. The summed E-state index contributed by atoms with van der Waals surface area (Å²) in [7, 11) is 1.68. The van der Waals surface area contributed by atoms with E-state index >= 15 is 0 Å². The normalized spacial score (nSPS) is 16.9. The summed E-state index contributed by atoms with van der Waals surface area (Å²) in [4.78, 5) is 45.8. The van der Waals surface area contributed by atoms with Gasteiger partial charge in [-0.3, -0.25) is 14.2 Å². The number of aromatic nitrogens is 3. The number of aromatic amines is 1. The number of likely N-dealkylation sites (tertiary alicyclic amines) is 1. The van der Waals surface area contributed by atoms with Crippen LogP contribution in [-0.2, 0) is 11.8 Å². The van der Waals surface area contributed by atoms with Crippen molar-refractivity contribution in [3.63, 3.8) is 0 Å². The molecule has 1 aromatic carbocycles. The van der Waals surface area contributed by atoms with Crippen LogP contribution in [0.25, 0.3) is 11.0 Å². The average molecular weight is 379 g/mol. The predicted molar refractivity (Wildman–Crippen MR) is 105 cm³/mol. The van der Waals surface area contributed by atoms with Crippen molar-refractivity contribution in [2.75, 3.05) is 18.4 Å². The van der Waals surface area contributed by atoms with Gasteiger partial charge < -0.3 is 15.2 Å². The number of H-pyrrole nitrogens is 1. The molecule has 1 unspecified atom stereocenters.